The van der Waals surface area contributed by atoms with Crippen molar-refractivity contribution in [1.29, 1.82) is 0 Å². The van der Waals surface area contributed by atoms with Gasteiger partial charge in [-0.2, -0.15) is 0 Å². The zero-order valence-corrected chi connectivity index (χ0v) is 14.9. The number of amides is 2. The molecule has 2 fully saturated rings. The third kappa shape index (κ3) is 3.87. The average molecular weight is 386 g/mol. The lowest BCUT2D eigenvalue weighted by molar-refractivity contribution is -0.129. The molecule has 0 aromatic carbocycles. The van der Waals surface area contributed by atoms with Crippen LogP contribution in [0.15, 0.2) is 27.7 Å². The molecule has 0 radical (unpaired) electrons. The molecule has 1 atom stereocenters. The van der Waals surface area contributed by atoms with Crippen LogP contribution in [0, 0.1) is 0 Å². The van der Waals surface area contributed by atoms with E-state index in [0.717, 1.165) is 11.8 Å². The zero-order chi connectivity index (χ0) is 17.3. The minimum absolute atomic E-state index is 0.0600. The van der Waals surface area contributed by atoms with Crippen LogP contribution in [-0.2, 0) is 19.4 Å². The number of hydrogen-bond donors (Lipinski definition) is 1. The van der Waals surface area contributed by atoms with Crippen molar-refractivity contribution < 1.29 is 22.4 Å². The van der Waals surface area contributed by atoms with E-state index < -0.39 is 21.8 Å². The summed E-state index contributed by atoms with van der Waals surface area (Å²) in [4.78, 5) is 26.0. The molecule has 3 rings (SSSR count). The third-order valence-electron chi connectivity index (χ3n) is 3.59. The fourth-order valence-corrected chi connectivity index (χ4v) is 5.37. The average Bonchev–Trinajstić information content (AvgIpc) is 3.17. The number of rotatable bonds is 4. The first-order valence-corrected chi connectivity index (χ1v) is 10.2. The Hall–Kier alpha value is -1.65. The van der Waals surface area contributed by atoms with Crippen molar-refractivity contribution in [3.63, 3.8) is 0 Å². The Balaban J connectivity index is 1.62. The van der Waals surface area contributed by atoms with Gasteiger partial charge in [0.05, 0.1) is 22.7 Å². The molecule has 1 aromatic heterocycles. The van der Waals surface area contributed by atoms with Crippen LogP contribution in [0.4, 0.5) is 0 Å². The van der Waals surface area contributed by atoms with Gasteiger partial charge in [-0.3, -0.25) is 14.5 Å². The molecule has 0 bridgehead atoms. The Kier molecular flexibility index (Phi) is 4.79. The highest BCUT2D eigenvalue weighted by Crippen LogP contribution is 2.32. The van der Waals surface area contributed by atoms with Crippen molar-refractivity contribution in [2.45, 2.75) is 12.5 Å². The number of nitrogens with one attached hydrogen (secondary N) is 1. The number of sulfone groups is 1. The van der Waals surface area contributed by atoms with E-state index in [2.05, 4.69) is 5.32 Å². The van der Waals surface area contributed by atoms with Crippen LogP contribution in [0.5, 0.6) is 0 Å². The highest BCUT2D eigenvalue weighted by molar-refractivity contribution is 8.26. The Labute approximate surface area is 148 Å². The van der Waals surface area contributed by atoms with Gasteiger partial charge in [0, 0.05) is 12.1 Å². The van der Waals surface area contributed by atoms with Gasteiger partial charge in [-0.1, -0.05) is 24.0 Å². The molecule has 7 nitrogen and oxygen atoms in total. The van der Waals surface area contributed by atoms with E-state index in [1.165, 1.54) is 11.2 Å². The smallest absolute Gasteiger partial charge is 0.266 e. The molecule has 10 heteroatoms. The summed E-state index contributed by atoms with van der Waals surface area (Å²) in [6.45, 7) is -0.225. The minimum Gasteiger partial charge on any atom is -0.465 e. The number of carbonyl (C=O) groups excluding carboxylic acids is 2. The number of furan rings is 1. The van der Waals surface area contributed by atoms with Gasteiger partial charge in [0.2, 0.25) is 5.91 Å². The summed E-state index contributed by atoms with van der Waals surface area (Å²) in [5.74, 6) is -0.250. The second-order valence-corrected chi connectivity index (χ2v) is 9.36. The van der Waals surface area contributed by atoms with Gasteiger partial charge in [-0.25, -0.2) is 8.42 Å². The number of thioether (sulfide) groups is 1. The van der Waals surface area contributed by atoms with E-state index in [1.54, 1.807) is 18.2 Å². The molecule has 24 heavy (non-hydrogen) atoms. The standard InChI is InChI=1S/C14H14N2O5S3/c17-12(15-9-3-5-24(19,20)8-9)7-16-13(18)11(23-14(16)22)6-10-2-1-4-21-10/h1-2,4,6,9H,3,5,7-8H2,(H,15,17)/b11-6-/t9-/m1/s1. The van der Waals surface area contributed by atoms with Crippen LogP contribution in [-0.4, -0.2) is 53.5 Å². The summed E-state index contributed by atoms with van der Waals surface area (Å²) in [6, 6.07) is 3.01. The SMILES string of the molecule is O=C(CN1C(=O)/C(=C/c2ccco2)SC1=S)N[C@@H]1CCS(=O)(=O)C1. The summed E-state index contributed by atoms with van der Waals surface area (Å²) in [5.41, 5.74) is 0. The van der Waals surface area contributed by atoms with E-state index in [0.29, 0.717) is 17.1 Å². The van der Waals surface area contributed by atoms with Crippen LogP contribution >= 0.6 is 24.0 Å². The maximum Gasteiger partial charge on any atom is 0.266 e. The second kappa shape index (κ2) is 6.69. The maximum absolute atomic E-state index is 12.3. The van der Waals surface area contributed by atoms with Gasteiger partial charge >= 0.3 is 0 Å². The molecule has 0 aliphatic carbocycles. The molecular weight excluding hydrogens is 372 g/mol. The lowest BCUT2D eigenvalue weighted by Crippen LogP contribution is -2.43. The van der Waals surface area contributed by atoms with E-state index in [1.807, 2.05) is 0 Å². The van der Waals surface area contributed by atoms with Crippen LogP contribution < -0.4 is 5.32 Å². The topological polar surface area (TPSA) is 96.7 Å². The van der Waals surface area contributed by atoms with Crippen molar-refractivity contribution in [2.24, 2.45) is 0 Å². The van der Waals surface area contributed by atoms with Crippen molar-refractivity contribution in [1.82, 2.24) is 10.2 Å². The van der Waals surface area contributed by atoms with Crippen molar-refractivity contribution in [3.8, 4) is 0 Å². The normalized spacial score (nSPS) is 24.8. The monoisotopic (exact) mass is 386 g/mol. The van der Waals surface area contributed by atoms with Crippen molar-refractivity contribution in [3.05, 3.63) is 29.1 Å². The predicted octanol–water partition coefficient (Wildman–Crippen LogP) is 0.784. The highest BCUT2D eigenvalue weighted by Gasteiger charge is 2.35. The molecular formula is C14H14N2O5S3. The fraction of sp³-hybridized carbons (Fsp3) is 0.357. The molecule has 0 spiro atoms. The lowest BCUT2D eigenvalue weighted by atomic mass is 10.2. The first kappa shape index (κ1) is 17.2. The minimum atomic E-state index is -3.07. The van der Waals surface area contributed by atoms with Gasteiger partial charge in [0.1, 0.15) is 16.6 Å². The predicted molar refractivity (Wildman–Crippen MR) is 93.8 cm³/mol. The maximum atomic E-state index is 12.3. The van der Waals surface area contributed by atoms with Gasteiger partial charge in [-0.05, 0) is 18.6 Å². The van der Waals surface area contributed by atoms with E-state index in [-0.39, 0.29) is 28.3 Å². The summed E-state index contributed by atoms with van der Waals surface area (Å²) in [7, 11) is -3.07. The molecule has 2 aliphatic rings. The van der Waals surface area contributed by atoms with Gasteiger partial charge in [0.25, 0.3) is 5.91 Å². The summed E-state index contributed by atoms with van der Waals surface area (Å²) in [5, 5.41) is 2.64. The van der Waals surface area contributed by atoms with E-state index >= 15 is 0 Å². The van der Waals surface area contributed by atoms with Crippen LogP contribution in [0.25, 0.3) is 6.08 Å². The zero-order valence-electron chi connectivity index (χ0n) is 12.4. The molecule has 2 saturated heterocycles. The molecule has 1 N–H and O–H groups in total. The first-order valence-electron chi connectivity index (χ1n) is 7.13. The lowest BCUT2D eigenvalue weighted by Gasteiger charge is -2.16. The summed E-state index contributed by atoms with van der Waals surface area (Å²) in [6.07, 6.45) is 3.46. The van der Waals surface area contributed by atoms with Gasteiger partial charge < -0.3 is 9.73 Å². The largest absolute Gasteiger partial charge is 0.465 e. The van der Waals surface area contributed by atoms with Gasteiger partial charge in [-0.15, -0.1) is 0 Å². The van der Waals surface area contributed by atoms with Crippen LogP contribution in [0.2, 0.25) is 0 Å². The Bertz CT molecular complexity index is 813. The molecule has 1 aromatic rings. The number of thiocarbonyl (C=S) groups is 1. The van der Waals surface area contributed by atoms with E-state index in [9.17, 15) is 18.0 Å². The summed E-state index contributed by atoms with van der Waals surface area (Å²) >= 11 is 6.25. The molecule has 2 aliphatic heterocycles. The molecule has 128 valence electrons. The van der Waals surface area contributed by atoms with Crippen LogP contribution in [0.3, 0.4) is 0 Å². The Morgan fingerprint density at radius 1 is 1.54 bits per heavy atom. The molecule has 2 amide bonds. The fourth-order valence-electron chi connectivity index (χ4n) is 2.46. The third-order valence-corrected chi connectivity index (χ3v) is 6.74. The number of carbonyl (C=O) groups is 2. The molecule has 0 saturated carbocycles. The number of nitrogens with zero attached hydrogens (tertiary/aromatic N) is 1. The second-order valence-electron chi connectivity index (χ2n) is 5.45. The quantitative estimate of drug-likeness (QED) is 0.603. The van der Waals surface area contributed by atoms with E-state index in [4.69, 9.17) is 16.6 Å². The van der Waals surface area contributed by atoms with Crippen LogP contribution in [0.1, 0.15) is 12.2 Å². The molecule has 0 unspecified atom stereocenters. The van der Waals surface area contributed by atoms with Gasteiger partial charge in [0.15, 0.2) is 9.84 Å². The van der Waals surface area contributed by atoms with Crippen molar-refractivity contribution in [2.75, 3.05) is 18.1 Å². The Morgan fingerprint density at radius 3 is 2.96 bits per heavy atom. The van der Waals surface area contributed by atoms with Crippen molar-refractivity contribution >= 4 is 56.0 Å². The highest BCUT2D eigenvalue weighted by atomic mass is 32.2. The Morgan fingerprint density at radius 2 is 2.33 bits per heavy atom. The summed E-state index contributed by atoms with van der Waals surface area (Å²) < 4.78 is 28.3. The number of hydrogen-bond acceptors (Lipinski definition) is 7. The first-order chi connectivity index (χ1) is 11.3. The molecule has 3 heterocycles.